The number of carbonyl (C=O) groups is 2. The van der Waals surface area contributed by atoms with E-state index in [2.05, 4.69) is 27.8 Å². The van der Waals surface area contributed by atoms with Gasteiger partial charge in [-0.15, -0.1) is 0 Å². The van der Waals surface area contributed by atoms with Crippen LogP contribution in [0, 0.1) is 6.92 Å². The van der Waals surface area contributed by atoms with Crippen LogP contribution in [0.1, 0.15) is 15.9 Å². The van der Waals surface area contributed by atoms with Crippen LogP contribution in [0.15, 0.2) is 29.3 Å². The Morgan fingerprint density at radius 3 is 2.78 bits per heavy atom. The molecule has 0 atom stereocenters. The second-order valence-electron chi connectivity index (χ2n) is 3.44. The lowest BCUT2D eigenvalue weighted by Gasteiger charge is -2.12. The number of rotatable bonds is 4. The van der Waals surface area contributed by atoms with Gasteiger partial charge in [-0.3, -0.25) is 5.32 Å². The minimum Gasteiger partial charge on any atom is -0.478 e. The van der Waals surface area contributed by atoms with E-state index in [1.54, 1.807) is 13.0 Å². The van der Waals surface area contributed by atoms with Gasteiger partial charge in [0, 0.05) is 4.47 Å². The molecule has 0 aliphatic heterocycles. The molecule has 96 valence electrons. The standard InChI is InChI=1S/C12H12BrNO4/c1-3-6-18-12(17)14-10-8(11(15)16)5-4-7(2)9(10)13/h3-5H,1,6H2,2H3,(H,14,17)(H,15,16). The number of hydrogen-bond donors (Lipinski definition) is 2. The van der Waals surface area contributed by atoms with Gasteiger partial charge in [0.2, 0.25) is 0 Å². The predicted molar refractivity (Wildman–Crippen MR) is 71.0 cm³/mol. The van der Waals surface area contributed by atoms with Gasteiger partial charge in [0.15, 0.2) is 0 Å². The zero-order valence-corrected chi connectivity index (χ0v) is 11.3. The van der Waals surface area contributed by atoms with Crippen molar-refractivity contribution in [1.82, 2.24) is 0 Å². The average Bonchev–Trinajstić information content (AvgIpc) is 2.32. The maximum Gasteiger partial charge on any atom is 0.411 e. The summed E-state index contributed by atoms with van der Waals surface area (Å²) in [5.74, 6) is -1.13. The molecule has 1 aromatic carbocycles. The zero-order chi connectivity index (χ0) is 13.7. The largest absolute Gasteiger partial charge is 0.478 e. The highest BCUT2D eigenvalue weighted by Crippen LogP contribution is 2.30. The summed E-state index contributed by atoms with van der Waals surface area (Å²) < 4.78 is 5.25. The van der Waals surface area contributed by atoms with Crippen LogP contribution < -0.4 is 5.32 Å². The third-order valence-electron chi connectivity index (χ3n) is 2.12. The van der Waals surface area contributed by atoms with Gasteiger partial charge in [-0.05, 0) is 34.5 Å². The van der Waals surface area contributed by atoms with Gasteiger partial charge in [0.1, 0.15) is 6.61 Å². The Kier molecular flexibility index (Phi) is 4.91. The monoisotopic (exact) mass is 313 g/mol. The molecule has 1 rings (SSSR count). The first-order valence-electron chi connectivity index (χ1n) is 5.04. The molecule has 0 bridgehead atoms. The number of halogens is 1. The summed E-state index contributed by atoms with van der Waals surface area (Å²) in [4.78, 5) is 22.5. The zero-order valence-electron chi connectivity index (χ0n) is 9.70. The van der Waals surface area contributed by atoms with Crippen molar-refractivity contribution < 1.29 is 19.4 Å². The highest BCUT2D eigenvalue weighted by molar-refractivity contribution is 9.10. The van der Waals surface area contributed by atoms with Gasteiger partial charge < -0.3 is 9.84 Å². The molecular formula is C12H12BrNO4. The molecule has 0 radical (unpaired) electrons. The SMILES string of the molecule is C=CCOC(=O)Nc1c(C(=O)O)ccc(C)c1Br. The Bertz CT molecular complexity index is 499. The molecule has 0 aliphatic carbocycles. The van der Waals surface area contributed by atoms with E-state index < -0.39 is 12.1 Å². The Morgan fingerprint density at radius 1 is 1.56 bits per heavy atom. The first-order valence-corrected chi connectivity index (χ1v) is 5.83. The highest BCUT2D eigenvalue weighted by Gasteiger charge is 2.17. The lowest BCUT2D eigenvalue weighted by molar-refractivity contribution is 0.0698. The van der Waals surface area contributed by atoms with E-state index >= 15 is 0 Å². The predicted octanol–water partition coefficient (Wildman–Crippen LogP) is 3.19. The van der Waals surface area contributed by atoms with Crippen LogP contribution in [0.2, 0.25) is 0 Å². The number of carboxylic acid groups (broad SMARTS) is 1. The van der Waals surface area contributed by atoms with E-state index in [-0.39, 0.29) is 17.9 Å². The number of aryl methyl sites for hydroxylation is 1. The fourth-order valence-corrected chi connectivity index (χ4v) is 1.70. The van der Waals surface area contributed by atoms with E-state index in [9.17, 15) is 9.59 Å². The Hall–Kier alpha value is -1.82. The van der Waals surface area contributed by atoms with E-state index in [1.165, 1.54) is 12.1 Å². The summed E-state index contributed by atoms with van der Waals surface area (Å²) in [6, 6.07) is 3.07. The third-order valence-corrected chi connectivity index (χ3v) is 3.15. The summed E-state index contributed by atoms with van der Waals surface area (Å²) in [6.45, 7) is 5.25. The van der Waals surface area contributed by atoms with Crippen molar-refractivity contribution in [3.05, 3.63) is 40.4 Å². The molecule has 0 spiro atoms. The number of carbonyl (C=O) groups excluding carboxylic acids is 1. The van der Waals surface area contributed by atoms with Crippen molar-refractivity contribution in [2.24, 2.45) is 0 Å². The smallest absolute Gasteiger partial charge is 0.411 e. The van der Waals surface area contributed by atoms with Crippen molar-refractivity contribution in [3.63, 3.8) is 0 Å². The maximum atomic E-state index is 11.4. The van der Waals surface area contributed by atoms with Crippen molar-refractivity contribution in [2.45, 2.75) is 6.92 Å². The van der Waals surface area contributed by atoms with Crippen molar-refractivity contribution in [3.8, 4) is 0 Å². The van der Waals surface area contributed by atoms with Crippen LogP contribution in [0.3, 0.4) is 0 Å². The topological polar surface area (TPSA) is 75.6 Å². The van der Waals surface area contributed by atoms with Crippen molar-refractivity contribution >= 4 is 33.7 Å². The van der Waals surface area contributed by atoms with E-state index in [1.807, 2.05) is 0 Å². The number of aromatic carboxylic acids is 1. The number of benzene rings is 1. The minimum atomic E-state index is -1.13. The van der Waals surface area contributed by atoms with Crippen molar-refractivity contribution in [1.29, 1.82) is 0 Å². The summed E-state index contributed by atoms with van der Waals surface area (Å²) in [5.41, 5.74) is 0.971. The number of amides is 1. The quantitative estimate of drug-likeness (QED) is 0.837. The lowest BCUT2D eigenvalue weighted by Crippen LogP contribution is -2.17. The molecule has 0 saturated heterocycles. The molecule has 1 amide bonds. The normalized spacial score (nSPS) is 9.67. The van der Waals surface area contributed by atoms with Gasteiger partial charge in [0.05, 0.1) is 11.3 Å². The average molecular weight is 314 g/mol. The number of anilines is 1. The molecule has 0 aromatic heterocycles. The molecule has 0 heterocycles. The Labute approximate surface area is 113 Å². The second kappa shape index (κ2) is 6.20. The minimum absolute atomic E-state index is 0.0111. The van der Waals surface area contributed by atoms with Gasteiger partial charge in [-0.25, -0.2) is 9.59 Å². The van der Waals surface area contributed by atoms with Gasteiger partial charge in [0.25, 0.3) is 0 Å². The molecule has 0 fully saturated rings. The van der Waals surface area contributed by atoms with Crippen LogP contribution in [-0.4, -0.2) is 23.8 Å². The maximum absolute atomic E-state index is 11.4. The Balaban J connectivity index is 3.05. The number of ether oxygens (including phenoxy) is 1. The molecular weight excluding hydrogens is 302 g/mol. The summed E-state index contributed by atoms with van der Waals surface area (Å²) >= 11 is 3.24. The number of hydrogen-bond acceptors (Lipinski definition) is 3. The molecule has 0 aliphatic rings. The third kappa shape index (κ3) is 3.33. The van der Waals surface area contributed by atoms with Crippen LogP contribution in [0.5, 0.6) is 0 Å². The molecule has 18 heavy (non-hydrogen) atoms. The van der Waals surface area contributed by atoms with E-state index in [0.29, 0.717) is 4.47 Å². The van der Waals surface area contributed by atoms with Crippen LogP contribution in [0.25, 0.3) is 0 Å². The van der Waals surface area contributed by atoms with Crippen LogP contribution >= 0.6 is 15.9 Å². The van der Waals surface area contributed by atoms with Crippen LogP contribution in [-0.2, 0) is 4.74 Å². The van der Waals surface area contributed by atoms with Crippen molar-refractivity contribution in [2.75, 3.05) is 11.9 Å². The molecule has 5 nitrogen and oxygen atoms in total. The fraction of sp³-hybridized carbons (Fsp3) is 0.167. The molecule has 2 N–H and O–H groups in total. The number of carboxylic acids is 1. The molecule has 1 aromatic rings. The van der Waals surface area contributed by atoms with Gasteiger partial charge in [-0.2, -0.15) is 0 Å². The highest BCUT2D eigenvalue weighted by atomic mass is 79.9. The molecule has 6 heteroatoms. The first-order chi connectivity index (χ1) is 8.47. The molecule has 0 saturated carbocycles. The number of nitrogens with one attached hydrogen (secondary N) is 1. The summed E-state index contributed by atoms with van der Waals surface area (Å²) in [5, 5.41) is 11.4. The second-order valence-corrected chi connectivity index (χ2v) is 4.23. The lowest BCUT2D eigenvalue weighted by atomic mass is 10.1. The summed E-state index contributed by atoms with van der Waals surface area (Å²) in [7, 11) is 0. The first kappa shape index (κ1) is 14.2. The Morgan fingerprint density at radius 2 is 2.22 bits per heavy atom. The molecule has 0 unspecified atom stereocenters. The summed E-state index contributed by atoms with van der Waals surface area (Å²) in [6.07, 6.45) is 0.687. The van der Waals surface area contributed by atoms with E-state index in [0.717, 1.165) is 5.56 Å². The van der Waals surface area contributed by atoms with Gasteiger partial charge in [-0.1, -0.05) is 18.7 Å². The van der Waals surface area contributed by atoms with Crippen LogP contribution in [0.4, 0.5) is 10.5 Å². The fourth-order valence-electron chi connectivity index (χ4n) is 1.25. The van der Waals surface area contributed by atoms with Gasteiger partial charge >= 0.3 is 12.1 Å². The van der Waals surface area contributed by atoms with E-state index in [4.69, 9.17) is 9.84 Å².